The molecule has 4 N–H and O–H groups in total. The van der Waals surface area contributed by atoms with Crippen molar-refractivity contribution in [3.8, 4) is 0 Å². The summed E-state index contributed by atoms with van der Waals surface area (Å²) in [6.07, 6.45) is 5.27. The molecule has 0 spiro atoms. The van der Waals surface area contributed by atoms with E-state index in [1.165, 1.54) is 0 Å². The Balaban J connectivity index is 1.94. The van der Waals surface area contributed by atoms with Crippen molar-refractivity contribution in [1.82, 2.24) is 5.32 Å². The normalized spacial score (nSPS) is 19.3. The van der Waals surface area contributed by atoms with Crippen LogP contribution >= 0.6 is 0 Å². The maximum atomic E-state index is 12.3. The Morgan fingerprint density at radius 2 is 1.90 bits per heavy atom. The highest BCUT2D eigenvalue weighted by atomic mass is 16.3. The van der Waals surface area contributed by atoms with Crippen LogP contribution < -0.4 is 11.1 Å². The molecule has 1 aromatic carbocycles. The molecule has 20 heavy (non-hydrogen) atoms. The molecule has 1 fully saturated rings. The summed E-state index contributed by atoms with van der Waals surface area (Å²) >= 11 is 0. The molecule has 0 heterocycles. The van der Waals surface area contributed by atoms with Crippen molar-refractivity contribution in [2.45, 2.75) is 50.1 Å². The van der Waals surface area contributed by atoms with Gasteiger partial charge in [-0.3, -0.25) is 4.79 Å². The molecule has 0 radical (unpaired) electrons. The summed E-state index contributed by atoms with van der Waals surface area (Å²) in [7, 11) is 0. The molecule has 0 bridgehead atoms. The van der Waals surface area contributed by atoms with Gasteiger partial charge < -0.3 is 16.2 Å². The van der Waals surface area contributed by atoms with Gasteiger partial charge in [-0.1, -0.05) is 49.6 Å². The first kappa shape index (κ1) is 15.0. The van der Waals surface area contributed by atoms with Crippen molar-refractivity contribution in [2.24, 2.45) is 5.73 Å². The van der Waals surface area contributed by atoms with Crippen LogP contribution in [0.25, 0.3) is 0 Å². The number of carbonyl (C=O) groups is 1. The Bertz CT molecular complexity index is 427. The Labute approximate surface area is 120 Å². The SMILES string of the molecule is NC1(C(=O)N[C@@H](CO)Cc2ccccc2)CCCCC1. The van der Waals surface area contributed by atoms with Crippen LogP contribution in [0.3, 0.4) is 0 Å². The van der Waals surface area contributed by atoms with Gasteiger partial charge in [0.15, 0.2) is 0 Å². The summed E-state index contributed by atoms with van der Waals surface area (Å²) in [5.41, 5.74) is 6.56. The van der Waals surface area contributed by atoms with Gasteiger partial charge >= 0.3 is 0 Å². The molecule has 1 saturated carbocycles. The van der Waals surface area contributed by atoms with E-state index in [1.807, 2.05) is 30.3 Å². The number of hydrogen-bond donors (Lipinski definition) is 3. The smallest absolute Gasteiger partial charge is 0.240 e. The lowest BCUT2D eigenvalue weighted by molar-refractivity contribution is -0.128. The number of carbonyl (C=O) groups excluding carboxylic acids is 1. The van der Waals surface area contributed by atoms with Gasteiger partial charge in [-0.25, -0.2) is 0 Å². The minimum Gasteiger partial charge on any atom is -0.394 e. The second kappa shape index (κ2) is 6.86. The van der Waals surface area contributed by atoms with Crippen LogP contribution in [0.4, 0.5) is 0 Å². The van der Waals surface area contributed by atoms with E-state index in [2.05, 4.69) is 5.32 Å². The van der Waals surface area contributed by atoms with Crippen molar-refractivity contribution in [3.63, 3.8) is 0 Å². The maximum absolute atomic E-state index is 12.3. The van der Waals surface area contributed by atoms with Gasteiger partial charge in [-0.05, 0) is 24.8 Å². The Morgan fingerprint density at radius 1 is 1.25 bits per heavy atom. The zero-order chi connectivity index (χ0) is 14.4. The topological polar surface area (TPSA) is 75.4 Å². The van der Waals surface area contributed by atoms with Crippen LogP contribution in [0.1, 0.15) is 37.7 Å². The lowest BCUT2D eigenvalue weighted by Gasteiger charge is -2.33. The molecule has 4 nitrogen and oxygen atoms in total. The average molecular weight is 276 g/mol. The van der Waals surface area contributed by atoms with Crippen molar-refractivity contribution in [3.05, 3.63) is 35.9 Å². The summed E-state index contributed by atoms with van der Waals surface area (Å²) in [5, 5.41) is 12.4. The van der Waals surface area contributed by atoms with E-state index in [-0.39, 0.29) is 18.6 Å². The van der Waals surface area contributed by atoms with E-state index >= 15 is 0 Å². The minimum atomic E-state index is -0.748. The van der Waals surface area contributed by atoms with E-state index in [4.69, 9.17) is 5.73 Å². The molecule has 4 heteroatoms. The van der Waals surface area contributed by atoms with Crippen LogP contribution in [0.15, 0.2) is 30.3 Å². The van der Waals surface area contributed by atoms with Crippen LogP contribution in [-0.4, -0.2) is 29.2 Å². The fourth-order valence-electron chi connectivity index (χ4n) is 2.80. The second-order valence-corrected chi connectivity index (χ2v) is 5.76. The second-order valence-electron chi connectivity index (χ2n) is 5.76. The number of hydrogen-bond acceptors (Lipinski definition) is 3. The highest BCUT2D eigenvalue weighted by Gasteiger charge is 2.36. The van der Waals surface area contributed by atoms with Crippen molar-refractivity contribution < 1.29 is 9.90 Å². The number of benzene rings is 1. The third-order valence-corrected chi connectivity index (χ3v) is 4.08. The van der Waals surface area contributed by atoms with Crippen molar-refractivity contribution >= 4 is 5.91 Å². The summed E-state index contributed by atoms with van der Waals surface area (Å²) in [6, 6.07) is 9.58. The molecule has 1 aromatic rings. The lowest BCUT2D eigenvalue weighted by Crippen LogP contribution is -2.57. The number of aliphatic hydroxyl groups excluding tert-OH is 1. The molecule has 1 aliphatic rings. The van der Waals surface area contributed by atoms with Gasteiger partial charge in [0, 0.05) is 0 Å². The highest BCUT2D eigenvalue weighted by molar-refractivity contribution is 5.86. The van der Waals surface area contributed by atoms with Crippen LogP contribution in [-0.2, 0) is 11.2 Å². The molecular formula is C16H24N2O2. The molecule has 2 rings (SSSR count). The summed E-state index contributed by atoms with van der Waals surface area (Å²) in [6.45, 7) is -0.0727. The number of nitrogens with two attached hydrogens (primary N) is 1. The van der Waals surface area contributed by atoms with Crippen molar-refractivity contribution in [2.75, 3.05) is 6.61 Å². The van der Waals surface area contributed by atoms with E-state index in [1.54, 1.807) is 0 Å². The number of amides is 1. The molecule has 1 amide bonds. The number of nitrogens with one attached hydrogen (secondary N) is 1. The third kappa shape index (κ3) is 3.81. The van der Waals surface area contributed by atoms with Gasteiger partial charge in [0.1, 0.15) is 0 Å². The van der Waals surface area contributed by atoms with E-state index in [9.17, 15) is 9.90 Å². The Kier molecular flexibility index (Phi) is 5.15. The van der Waals surface area contributed by atoms with E-state index in [0.717, 1.165) is 37.7 Å². The molecular weight excluding hydrogens is 252 g/mol. The largest absolute Gasteiger partial charge is 0.394 e. The fourth-order valence-corrected chi connectivity index (χ4v) is 2.80. The van der Waals surface area contributed by atoms with Gasteiger partial charge in [0.25, 0.3) is 0 Å². The van der Waals surface area contributed by atoms with Gasteiger partial charge in [-0.15, -0.1) is 0 Å². The first-order valence-electron chi connectivity index (χ1n) is 7.39. The maximum Gasteiger partial charge on any atom is 0.240 e. The standard InChI is InChI=1S/C16H24N2O2/c17-16(9-5-2-6-10-16)15(20)18-14(12-19)11-13-7-3-1-4-8-13/h1,3-4,7-8,14,19H,2,5-6,9-12,17H2,(H,18,20)/t14-/m1/s1. The zero-order valence-electron chi connectivity index (χ0n) is 11.8. The lowest BCUT2D eigenvalue weighted by atomic mass is 9.81. The fraction of sp³-hybridized carbons (Fsp3) is 0.562. The molecule has 1 aliphatic carbocycles. The molecule has 0 saturated heterocycles. The van der Waals surface area contributed by atoms with E-state index < -0.39 is 5.54 Å². The van der Waals surface area contributed by atoms with Gasteiger partial charge in [0.05, 0.1) is 18.2 Å². The van der Waals surface area contributed by atoms with Gasteiger partial charge in [-0.2, -0.15) is 0 Å². The Morgan fingerprint density at radius 3 is 2.50 bits per heavy atom. The Hall–Kier alpha value is -1.39. The quantitative estimate of drug-likeness (QED) is 0.760. The predicted octanol–water partition coefficient (Wildman–Crippen LogP) is 1.37. The molecule has 0 unspecified atom stereocenters. The van der Waals surface area contributed by atoms with Crippen molar-refractivity contribution in [1.29, 1.82) is 0 Å². The first-order chi connectivity index (χ1) is 9.64. The molecule has 0 aromatic heterocycles. The first-order valence-corrected chi connectivity index (χ1v) is 7.39. The predicted molar refractivity (Wildman–Crippen MR) is 79.2 cm³/mol. The molecule has 0 aliphatic heterocycles. The monoisotopic (exact) mass is 276 g/mol. The average Bonchev–Trinajstić information content (AvgIpc) is 2.48. The molecule has 110 valence electrons. The number of rotatable bonds is 5. The summed E-state index contributed by atoms with van der Waals surface area (Å²) in [5.74, 6) is -0.118. The van der Waals surface area contributed by atoms with Crippen LogP contribution in [0, 0.1) is 0 Å². The third-order valence-electron chi connectivity index (χ3n) is 4.08. The zero-order valence-corrected chi connectivity index (χ0v) is 11.8. The summed E-state index contributed by atoms with van der Waals surface area (Å²) < 4.78 is 0. The van der Waals surface area contributed by atoms with E-state index in [0.29, 0.717) is 6.42 Å². The minimum absolute atomic E-state index is 0.0727. The highest BCUT2D eigenvalue weighted by Crippen LogP contribution is 2.26. The van der Waals surface area contributed by atoms with Crippen LogP contribution in [0.5, 0.6) is 0 Å². The van der Waals surface area contributed by atoms with Gasteiger partial charge in [0.2, 0.25) is 5.91 Å². The molecule has 1 atom stereocenters. The number of aliphatic hydroxyl groups is 1. The van der Waals surface area contributed by atoms with Crippen LogP contribution in [0.2, 0.25) is 0 Å². The summed E-state index contributed by atoms with van der Waals surface area (Å²) in [4.78, 5) is 12.3.